The van der Waals surface area contributed by atoms with E-state index in [1.54, 1.807) is 30.3 Å². The minimum Gasteiger partial charge on any atom is -0.494 e. The predicted molar refractivity (Wildman–Crippen MR) is 97.5 cm³/mol. The number of ketones is 1. The van der Waals surface area contributed by atoms with E-state index in [-0.39, 0.29) is 30.2 Å². The number of ether oxygens (including phenoxy) is 1. The highest BCUT2D eigenvalue weighted by molar-refractivity contribution is 6.00. The van der Waals surface area contributed by atoms with Gasteiger partial charge in [0.05, 0.1) is 11.5 Å². The van der Waals surface area contributed by atoms with Crippen molar-refractivity contribution in [3.05, 3.63) is 64.2 Å². The van der Waals surface area contributed by atoms with E-state index in [1.165, 1.54) is 18.2 Å². The maximum Gasteiger partial charge on any atom is 0.271 e. The zero-order chi connectivity index (χ0) is 18.9. The fourth-order valence-corrected chi connectivity index (χ4v) is 2.25. The SMILES string of the molecule is CCCOc1ccc(C(=O)CCC(=O)Nc2cccc([N+](=O)[O-])c2)cc1. The maximum atomic E-state index is 12.2. The molecule has 136 valence electrons. The summed E-state index contributed by atoms with van der Waals surface area (Å²) in [6.45, 7) is 2.63. The van der Waals surface area contributed by atoms with Gasteiger partial charge in [0.1, 0.15) is 5.75 Å². The van der Waals surface area contributed by atoms with Crippen LogP contribution in [-0.4, -0.2) is 23.2 Å². The molecule has 1 N–H and O–H groups in total. The monoisotopic (exact) mass is 356 g/mol. The van der Waals surface area contributed by atoms with Crippen LogP contribution in [0.1, 0.15) is 36.5 Å². The van der Waals surface area contributed by atoms with Crippen molar-refractivity contribution in [1.29, 1.82) is 0 Å². The van der Waals surface area contributed by atoms with Gasteiger partial charge in [-0.2, -0.15) is 0 Å². The summed E-state index contributed by atoms with van der Waals surface area (Å²) < 4.78 is 5.46. The molecule has 0 saturated heterocycles. The Morgan fingerprint density at radius 2 is 1.85 bits per heavy atom. The smallest absolute Gasteiger partial charge is 0.271 e. The molecule has 0 fully saturated rings. The second-order valence-corrected chi connectivity index (χ2v) is 5.65. The summed E-state index contributed by atoms with van der Waals surface area (Å²) in [5, 5.41) is 13.3. The molecule has 0 radical (unpaired) electrons. The number of anilines is 1. The number of nitrogens with one attached hydrogen (secondary N) is 1. The molecule has 0 aliphatic heterocycles. The fraction of sp³-hybridized carbons (Fsp3) is 0.263. The highest BCUT2D eigenvalue weighted by atomic mass is 16.6. The number of hydrogen-bond donors (Lipinski definition) is 1. The molecule has 26 heavy (non-hydrogen) atoms. The first-order valence-electron chi connectivity index (χ1n) is 8.30. The van der Waals surface area contributed by atoms with E-state index in [9.17, 15) is 19.7 Å². The van der Waals surface area contributed by atoms with Crippen LogP contribution in [0.2, 0.25) is 0 Å². The van der Waals surface area contributed by atoms with Gasteiger partial charge in [0.25, 0.3) is 5.69 Å². The average molecular weight is 356 g/mol. The number of carbonyl (C=O) groups excluding carboxylic acids is 2. The van der Waals surface area contributed by atoms with Gasteiger partial charge in [0, 0.05) is 36.2 Å². The Kier molecular flexibility index (Phi) is 6.84. The summed E-state index contributed by atoms with van der Waals surface area (Å²) in [4.78, 5) is 34.3. The number of hydrogen-bond acceptors (Lipinski definition) is 5. The number of nitro benzene ring substituents is 1. The van der Waals surface area contributed by atoms with Crippen molar-refractivity contribution < 1.29 is 19.2 Å². The summed E-state index contributed by atoms with van der Waals surface area (Å²) in [7, 11) is 0. The third-order valence-corrected chi connectivity index (χ3v) is 3.57. The number of amides is 1. The molecular formula is C19H20N2O5. The molecule has 2 aromatic rings. The Morgan fingerprint density at radius 3 is 2.50 bits per heavy atom. The maximum absolute atomic E-state index is 12.2. The van der Waals surface area contributed by atoms with Gasteiger partial charge in [-0.1, -0.05) is 13.0 Å². The first-order valence-corrected chi connectivity index (χ1v) is 8.30. The van der Waals surface area contributed by atoms with E-state index in [0.717, 1.165) is 6.42 Å². The molecule has 0 bridgehead atoms. The van der Waals surface area contributed by atoms with E-state index >= 15 is 0 Å². The van der Waals surface area contributed by atoms with Crippen molar-refractivity contribution in [3.8, 4) is 5.75 Å². The third-order valence-electron chi connectivity index (χ3n) is 3.57. The van der Waals surface area contributed by atoms with Crippen LogP contribution in [0.5, 0.6) is 5.75 Å². The first-order chi connectivity index (χ1) is 12.5. The van der Waals surface area contributed by atoms with Crippen LogP contribution in [0, 0.1) is 10.1 Å². The molecule has 2 rings (SSSR count). The minimum atomic E-state index is -0.535. The van der Waals surface area contributed by atoms with E-state index in [4.69, 9.17) is 4.74 Å². The Balaban J connectivity index is 1.85. The molecule has 0 aliphatic carbocycles. The molecule has 7 nitrogen and oxygen atoms in total. The molecule has 0 aromatic heterocycles. The van der Waals surface area contributed by atoms with E-state index in [2.05, 4.69) is 5.32 Å². The van der Waals surface area contributed by atoms with Gasteiger partial charge < -0.3 is 10.1 Å². The highest BCUT2D eigenvalue weighted by Gasteiger charge is 2.11. The van der Waals surface area contributed by atoms with Crippen LogP contribution in [0.3, 0.4) is 0 Å². The van der Waals surface area contributed by atoms with Crippen LogP contribution < -0.4 is 10.1 Å². The molecule has 0 aliphatic rings. The van der Waals surface area contributed by atoms with Crippen LogP contribution >= 0.6 is 0 Å². The first kappa shape index (κ1) is 19.1. The van der Waals surface area contributed by atoms with Crippen LogP contribution in [0.25, 0.3) is 0 Å². The Morgan fingerprint density at radius 1 is 1.12 bits per heavy atom. The number of nitro groups is 1. The summed E-state index contributed by atoms with van der Waals surface area (Å²) in [5.41, 5.74) is 0.732. The molecule has 0 atom stereocenters. The van der Waals surface area contributed by atoms with Gasteiger partial charge >= 0.3 is 0 Å². The second-order valence-electron chi connectivity index (χ2n) is 5.65. The number of non-ortho nitro benzene ring substituents is 1. The third kappa shape index (κ3) is 5.70. The van der Waals surface area contributed by atoms with Gasteiger partial charge in [0.2, 0.25) is 5.91 Å². The van der Waals surface area contributed by atoms with Crippen molar-refractivity contribution in [2.45, 2.75) is 26.2 Å². The lowest BCUT2D eigenvalue weighted by atomic mass is 10.1. The second kappa shape index (κ2) is 9.31. The Labute approximate surface area is 151 Å². The summed E-state index contributed by atoms with van der Waals surface area (Å²) >= 11 is 0. The van der Waals surface area contributed by atoms with Crippen LogP contribution in [-0.2, 0) is 4.79 Å². The zero-order valence-electron chi connectivity index (χ0n) is 14.4. The number of carbonyl (C=O) groups is 2. The zero-order valence-corrected chi connectivity index (χ0v) is 14.4. The summed E-state index contributed by atoms with van der Waals surface area (Å²) in [6.07, 6.45) is 0.950. The fourth-order valence-electron chi connectivity index (χ4n) is 2.25. The predicted octanol–water partition coefficient (Wildman–Crippen LogP) is 3.99. The van der Waals surface area contributed by atoms with Gasteiger partial charge in [-0.25, -0.2) is 0 Å². The molecular weight excluding hydrogens is 336 g/mol. The quantitative estimate of drug-likeness (QED) is 0.416. The van der Waals surface area contributed by atoms with Crippen LogP contribution in [0.4, 0.5) is 11.4 Å². The van der Waals surface area contributed by atoms with E-state index < -0.39 is 4.92 Å². The van der Waals surface area contributed by atoms with Crippen molar-refractivity contribution in [3.63, 3.8) is 0 Å². The van der Waals surface area contributed by atoms with Gasteiger partial charge in [-0.3, -0.25) is 19.7 Å². The molecule has 2 aromatic carbocycles. The van der Waals surface area contributed by atoms with Gasteiger partial charge in [-0.05, 0) is 36.8 Å². The van der Waals surface area contributed by atoms with Crippen molar-refractivity contribution in [1.82, 2.24) is 0 Å². The molecule has 0 heterocycles. The molecule has 0 spiro atoms. The number of benzene rings is 2. The average Bonchev–Trinajstić information content (AvgIpc) is 2.65. The Hall–Kier alpha value is -3.22. The molecule has 0 unspecified atom stereocenters. The van der Waals surface area contributed by atoms with Gasteiger partial charge in [-0.15, -0.1) is 0 Å². The molecule has 1 amide bonds. The van der Waals surface area contributed by atoms with E-state index in [1.807, 2.05) is 6.92 Å². The normalized spacial score (nSPS) is 10.2. The molecule has 0 saturated carbocycles. The van der Waals surface area contributed by atoms with E-state index in [0.29, 0.717) is 23.6 Å². The standard InChI is InChI=1S/C19H20N2O5/c1-2-12-26-17-8-6-14(7-9-17)18(22)10-11-19(23)20-15-4-3-5-16(13-15)21(24)25/h3-9,13H,2,10-12H2,1H3,(H,20,23). The van der Waals surface area contributed by atoms with Gasteiger partial charge in [0.15, 0.2) is 5.78 Å². The van der Waals surface area contributed by atoms with Crippen molar-refractivity contribution in [2.24, 2.45) is 0 Å². The largest absolute Gasteiger partial charge is 0.494 e. The van der Waals surface area contributed by atoms with Crippen molar-refractivity contribution >= 4 is 23.1 Å². The lowest BCUT2D eigenvalue weighted by Gasteiger charge is -2.06. The lowest BCUT2D eigenvalue weighted by molar-refractivity contribution is -0.384. The highest BCUT2D eigenvalue weighted by Crippen LogP contribution is 2.18. The molecule has 7 heteroatoms. The summed E-state index contributed by atoms with van der Waals surface area (Å²) in [5.74, 6) is 0.176. The topological polar surface area (TPSA) is 98.5 Å². The lowest BCUT2D eigenvalue weighted by Crippen LogP contribution is -2.13. The summed E-state index contributed by atoms with van der Waals surface area (Å²) in [6, 6.07) is 12.5. The number of nitrogens with zero attached hydrogens (tertiary/aromatic N) is 1. The van der Waals surface area contributed by atoms with Crippen LogP contribution in [0.15, 0.2) is 48.5 Å². The van der Waals surface area contributed by atoms with Crippen molar-refractivity contribution in [2.75, 3.05) is 11.9 Å². The Bertz CT molecular complexity index is 787. The number of rotatable bonds is 9. The number of Topliss-reactive ketones (excluding diaryl/α,β-unsaturated/α-hetero) is 1. The minimum absolute atomic E-state index is 0.00435.